The molecule has 4 nitrogen and oxygen atoms in total. The Kier molecular flexibility index (Phi) is 4.37. The van der Waals surface area contributed by atoms with Crippen LogP contribution in [0.3, 0.4) is 0 Å². The van der Waals surface area contributed by atoms with Gasteiger partial charge in [-0.2, -0.15) is 0 Å². The molecule has 0 aliphatic carbocycles. The van der Waals surface area contributed by atoms with Crippen LogP contribution >= 0.6 is 15.9 Å². The van der Waals surface area contributed by atoms with E-state index in [1.54, 1.807) is 24.3 Å². The van der Waals surface area contributed by atoms with Gasteiger partial charge in [-0.1, -0.05) is 15.9 Å². The predicted octanol–water partition coefficient (Wildman–Crippen LogP) is 3.25. The number of hydrogen-bond donors (Lipinski definition) is 2. The van der Waals surface area contributed by atoms with Crippen LogP contribution in [0, 0.1) is 12.7 Å². The Morgan fingerprint density at radius 2 is 1.76 bits per heavy atom. The normalized spacial score (nSPS) is 10.2. The molecule has 0 radical (unpaired) electrons. The topological polar surface area (TPSA) is 72.2 Å². The van der Waals surface area contributed by atoms with Crippen LogP contribution in [-0.2, 0) is 0 Å². The smallest absolute Gasteiger partial charge is 0.255 e. The SMILES string of the molecule is Cc1c(F)cc(C(N)=O)cc1NC(=O)c1ccc(Br)cc1. The first-order valence-corrected chi connectivity index (χ1v) is 6.84. The summed E-state index contributed by atoms with van der Waals surface area (Å²) in [6, 6.07) is 9.11. The van der Waals surface area contributed by atoms with E-state index in [4.69, 9.17) is 5.73 Å². The van der Waals surface area contributed by atoms with Crippen molar-refractivity contribution in [2.45, 2.75) is 6.92 Å². The molecule has 0 bridgehead atoms. The van der Waals surface area contributed by atoms with Crippen molar-refractivity contribution >= 4 is 33.4 Å². The summed E-state index contributed by atoms with van der Waals surface area (Å²) < 4.78 is 14.6. The lowest BCUT2D eigenvalue weighted by Gasteiger charge is -2.11. The lowest BCUT2D eigenvalue weighted by molar-refractivity contribution is 0.0995. The maximum atomic E-state index is 13.7. The monoisotopic (exact) mass is 350 g/mol. The molecule has 0 atom stereocenters. The van der Waals surface area contributed by atoms with Gasteiger partial charge >= 0.3 is 0 Å². The molecule has 2 aromatic rings. The minimum atomic E-state index is -0.756. The van der Waals surface area contributed by atoms with E-state index in [0.717, 1.165) is 10.5 Å². The van der Waals surface area contributed by atoms with E-state index in [2.05, 4.69) is 21.2 Å². The molecular formula is C15H12BrFN2O2. The molecule has 0 saturated carbocycles. The number of benzene rings is 2. The lowest BCUT2D eigenvalue weighted by atomic mass is 10.1. The average Bonchev–Trinajstić information content (AvgIpc) is 2.44. The summed E-state index contributed by atoms with van der Waals surface area (Å²) in [4.78, 5) is 23.3. The van der Waals surface area contributed by atoms with Crippen LogP contribution in [0.4, 0.5) is 10.1 Å². The Labute approximate surface area is 129 Å². The molecule has 2 amide bonds. The number of nitrogens with one attached hydrogen (secondary N) is 1. The van der Waals surface area contributed by atoms with Crippen LogP contribution < -0.4 is 11.1 Å². The van der Waals surface area contributed by atoms with Crippen molar-refractivity contribution in [3.63, 3.8) is 0 Å². The first kappa shape index (κ1) is 15.2. The van der Waals surface area contributed by atoms with E-state index in [1.165, 1.54) is 13.0 Å². The lowest BCUT2D eigenvalue weighted by Crippen LogP contribution is -2.16. The number of hydrogen-bond acceptors (Lipinski definition) is 2. The fourth-order valence-corrected chi connectivity index (χ4v) is 2.01. The van der Waals surface area contributed by atoms with Gasteiger partial charge in [-0.15, -0.1) is 0 Å². The molecule has 21 heavy (non-hydrogen) atoms. The van der Waals surface area contributed by atoms with Crippen molar-refractivity contribution in [1.29, 1.82) is 0 Å². The fraction of sp³-hybridized carbons (Fsp3) is 0.0667. The van der Waals surface area contributed by atoms with Gasteiger partial charge in [0.2, 0.25) is 5.91 Å². The van der Waals surface area contributed by atoms with Crippen LogP contribution in [0.5, 0.6) is 0 Å². The molecule has 0 saturated heterocycles. The highest BCUT2D eigenvalue weighted by Gasteiger charge is 2.13. The second kappa shape index (κ2) is 6.05. The predicted molar refractivity (Wildman–Crippen MR) is 81.8 cm³/mol. The molecule has 0 unspecified atom stereocenters. The number of nitrogens with two attached hydrogens (primary N) is 1. The third kappa shape index (κ3) is 3.46. The summed E-state index contributed by atoms with van der Waals surface area (Å²) in [5, 5.41) is 2.58. The molecule has 0 fully saturated rings. The van der Waals surface area contributed by atoms with Crippen LogP contribution in [0.15, 0.2) is 40.9 Å². The van der Waals surface area contributed by atoms with E-state index in [9.17, 15) is 14.0 Å². The molecule has 108 valence electrons. The molecule has 2 rings (SSSR count). The molecular weight excluding hydrogens is 339 g/mol. The van der Waals surface area contributed by atoms with E-state index >= 15 is 0 Å². The minimum absolute atomic E-state index is 0.00389. The highest BCUT2D eigenvalue weighted by Crippen LogP contribution is 2.21. The minimum Gasteiger partial charge on any atom is -0.366 e. The van der Waals surface area contributed by atoms with Gasteiger partial charge in [0, 0.05) is 26.9 Å². The molecule has 6 heteroatoms. The summed E-state index contributed by atoms with van der Waals surface area (Å²) in [6.07, 6.45) is 0. The van der Waals surface area contributed by atoms with Crippen LogP contribution in [-0.4, -0.2) is 11.8 Å². The zero-order valence-electron chi connectivity index (χ0n) is 11.1. The fourth-order valence-electron chi connectivity index (χ4n) is 1.75. The maximum Gasteiger partial charge on any atom is 0.255 e. The Hall–Kier alpha value is -2.21. The number of carbonyl (C=O) groups is 2. The summed E-state index contributed by atoms with van der Waals surface area (Å²) >= 11 is 3.28. The highest BCUT2D eigenvalue weighted by atomic mass is 79.9. The molecule has 0 aliphatic heterocycles. The second-order valence-corrected chi connectivity index (χ2v) is 5.37. The van der Waals surface area contributed by atoms with Crippen molar-refractivity contribution in [2.75, 3.05) is 5.32 Å². The molecule has 3 N–H and O–H groups in total. The summed E-state index contributed by atoms with van der Waals surface area (Å²) in [5.41, 5.74) is 6.02. The first-order chi connectivity index (χ1) is 9.88. The quantitative estimate of drug-likeness (QED) is 0.891. The average molecular weight is 351 g/mol. The van der Waals surface area contributed by atoms with Gasteiger partial charge < -0.3 is 11.1 Å². The van der Waals surface area contributed by atoms with Gasteiger partial charge in [0.1, 0.15) is 5.82 Å². The van der Waals surface area contributed by atoms with Crippen LogP contribution in [0.1, 0.15) is 26.3 Å². The molecule has 0 spiro atoms. The largest absolute Gasteiger partial charge is 0.366 e. The van der Waals surface area contributed by atoms with Crippen molar-refractivity contribution in [3.05, 3.63) is 63.4 Å². The number of primary amides is 1. The Bertz CT molecular complexity index is 714. The van der Waals surface area contributed by atoms with Crippen molar-refractivity contribution in [2.24, 2.45) is 5.73 Å². The van der Waals surface area contributed by atoms with Gasteiger partial charge in [-0.05, 0) is 43.3 Å². The van der Waals surface area contributed by atoms with Crippen molar-refractivity contribution in [1.82, 2.24) is 0 Å². The van der Waals surface area contributed by atoms with Crippen molar-refractivity contribution < 1.29 is 14.0 Å². The number of anilines is 1. The Morgan fingerprint density at radius 3 is 2.33 bits per heavy atom. The Balaban J connectivity index is 2.32. The third-order valence-corrected chi connectivity index (χ3v) is 3.51. The standard InChI is InChI=1S/C15H12BrFN2O2/c1-8-12(17)6-10(14(18)20)7-13(8)19-15(21)9-2-4-11(16)5-3-9/h2-7H,1H3,(H2,18,20)(H,19,21). The van der Waals surface area contributed by atoms with E-state index in [1.807, 2.05) is 0 Å². The molecule has 0 aliphatic rings. The number of rotatable bonds is 3. The van der Waals surface area contributed by atoms with E-state index < -0.39 is 17.6 Å². The first-order valence-electron chi connectivity index (χ1n) is 6.05. The van der Waals surface area contributed by atoms with Crippen molar-refractivity contribution in [3.8, 4) is 0 Å². The van der Waals surface area contributed by atoms with Gasteiger partial charge in [0.15, 0.2) is 0 Å². The molecule has 2 aromatic carbocycles. The maximum absolute atomic E-state index is 13.7. The van der Waals surface area contributed by atoms with Gasteiger partial charge in [0.05, 0.1) is 0 Å². The van der Waals surface area contributed by atoms with Gasteiger partial charge in [-0.25, -0.2) is 4.39 Å². The number of carbonyl (C=O) groups excluding carboxylic acids is 2. The zero-order valence-corrected chi connectivity index (χ0v) is 12.7. The van der Waals surface area contributed by atoms with Crippen LogP contribution in [0.25, 0.3) is 0 Å². The summed E-state index contributed by atoms with van der Waals surface area (Å²) in [7, 11) is 0. The highest BCUT2D eigenvalue weighted by molar-refractivity contribution is 9.10. The van der Waals surface area contributed by atoms with E-state index in [-0.39, 0.29) is 16.8 Å². The van der Waals surface area contributed by atoms with Gasteiger partial charge in [-0.3, -0.25) is 9.59 Å². The Morgan fingerprint density at radius 1 is 1.14 bits per heavy atom. The summed E-state index contributed by atoms with van der Waals surface area (Å²) in [5.74, 6) is -1.75. The van der Waals surface area contributed by atoms with Crippen LogP contribution in [0.2, 0.25) is 0 Å². The molecule has 0 aromatic heterocycles. The number of amides is 2. The summed E-state index contributed by atoms with van der Waals surface area (Å²) in [6.45, 7) is 1.51. The van der Waals surface area contributed by atoms with E-state index in [0.29, 0.717) is 5.56 Å². The zero-order chi connectivity index (χ0) is 15.6. The second-order valence-electron chi connectivity index (χ2n) is 4.46. The number of halogens is 2. The van der Waals surface area contributed by atoms with Gasteiger partial charge in [0.25, 0.3) is 5.91 Å². The third-order valence-electron chi connectivity index (χ3n) is 2.98. The molecule has 0 heterocycles.